The van der Waals surface area contributed by atoms with Crippen LogP contribution < -0.4 is 5.32 Å². The number of halogens is 1. The standard InChI is InChI=1S/C24H29FN4O2/c1-17-3-8-21(15-18(17)2)26-23(30)27-11-9-22(10-12-27)29-14-13-28(24(29)31)16-19-4-6-20(25)7-5-19/h3-8,15,22H,9-14,16H2,1-2H3,(H,26,30). The van der Waals surface area contributed by atoms with Crippen molar-refractivity contribution >= 4 is 17.7 Å². The molecule has 4 amide bonds. The number of benzene rings is 2. The lowest BCUT2D eigenvalue weighted by Gasteiger charge is -2.36. The molecule has 0 bridgehead atoms. The van der Waals surface area contributed by atoms with Crippen LogP contribution >= 0.6 is 0 Å². The van der Waals surface area contributed by atoms with E-state index >= 15 is 0 Å². The quantitative estimate of drug-likeness (QED) is 0.792. The number of amides is 4. The van der Waals surface area contributed by atoms with Crippen LogP contribution in [0.5, 0.6) is 0 Å². The number of carbonyl (C=O) groups is 2. The van der Waals surface area contributed by atoms with Gasteiger partial charge in [-0.25, -0.2) is 14.0 Å². The highest BCUT2D eigenvalue weighted by Gasteiger charge is 2.36. The van der Waals surface area contributed by atoms with E-state index < -0.39 is 0 Å². The molecule has 1 N–H and O–H groups in total. The summed E-state index contributed by atoms with van der Waals surface area (Å²) in [5, 5.41) is 2.98. The van der Waals surface area contributed by atoms with Crippen LogP contribution in [0.4, 0.5) is 19.7 Å². The van der Waals surface area contributed by atoms with E-state index in [1.807, 2.05) is 46.7 Å². The van der Waals surface area contributed by atoms with Gasteiger partial charge in [-0.1, -0.05) is 18.2 Å². The van der Waals surface area contributed by atoms with Gasteiger partial charge in [0, 0.05) is 44.5 Å². The monoisotopic (exact) mass is 424 g/mol. The van der Waals surface area contributed by atoms with E-state index in [4.69, 9.17) is 0 Å². The molecule has 2 aliphatic heterocycles. The molecule has 0 saturated carbocycles. The second-order valence-corrected chi connectivity index (χ2v) is 8.47. The first-order valence-corrected chi connectivity index (χ1v) is 10.8. The minimum Gasteiger partial charge on any atom is -0.324 e. The number of hydrogen-bond donors (Lipinski definition) is 1. The molecule has 2 heterocycles. The normalized spacial score (nSPS) is 17.4. The molecule has 0 atom stereocenters. The molecule has 0 spiro atoms. The molecule has 2 aromatic carbocycles. The van der Waals surface area contributed by atoms with E-state index in [0.29, 0.717) is 32.7 Å². The number of aryl methyl sites for hydroxylation is 2. The lowest BCUT2D eigenvalue weighted by molar-refractivity contribution is 0.139. The first kappa shape index (κ1) is 21.2. The summed E-state index contributed by atoms with van der Waals surface area (Å²) in [6, 6.07) is 12.3. The summed E-state index contributed by atoms with van der Waals surface area (Å²) in [6.45, 7) is 7.19. The number of rotatable bonds is 4. The van der Waals surface area contributed by atoms with Crippen molar-refractivity contribution in [1.82, 2.24) is 14.7 Å². The van der Waals surface area contributed by atoms with Crippen molar-refractivity contribution < 1.29 is 14.0 Å². The second-order valence-electron chi connectivity index (χ2n) is 8.47. The summed E-state index contributed by atoms with van der Waals surface area (Å²) < 4.78 is 13.1. The Morgan fingerprint density at radius 1 is 1.00 bits per heavy atom. The molecule has 2 saturated heterocycles. The summed E-state index contributed by atoms with van der Waals surface area (Å²) in [7, 11) is 0. The molecule has 0 unspecified atom stereocenters. The number of hydrogen-bond acceptors (Lipinski definition) is 2. The first-order chi connectivity index (χ1) is 14.9. The van der Waals surface area contributed by atoms with Gasteiger partial charge < -0.3 is 20.0 Å². The summed E-state index contributed by atoms with van der Waals surface area (Å²) in [4.78, 5) is 31.1. The van der Waals surface area contributed by atoms with Gasteiger partial charge in [0.05, 0.1) is 0 Å². The number of piperidine rings is 1. The number of carbonyl (C=O) groups excluding carboxylic acids is 2. The Morgan fingerprint density at radius 2 is 1.71 bits per heavy atom. The average Bonchev–Trinajstić information content (AvgIpc) is 3.12. The predicted octanol–water partition coefficient (Wildman–Crippen LogP) is 4.38. The largest absolute Gasteiger partial charge is 0.324 e. The molecule has 2 aromatic rings. The Labute approximate surface area is 182 Å². The van der Waals surface area contributed by atoms with Gasteiger partial charge in [-0.05, 0) is 67.6 Å². The van der Waals surface area contributed by atoms with E-state index in [0.717, 1.165) is 29.7 Å². The minimum atomic E-state index is -0.272. The van der Waals surface area contributed by atoms with E-state index in [-0.39, 0.29) is 23.9 Å². The van der Waals surface area contributed by atoms with Gasteiger partial charge in [0.2, 0.25) is 0 Å². The van der Waals surface area contributed by atoms with Crippen molar-refractivity contribution in [2.45, 2.75) is 39.3 Å². The Bertz CT molecular complexity index is 955. The van der Waals surface area contributed by atoms with Crippen LogP contribution in [-0.4, -0.2) is 59.0 Å². The van der Waals surface area contributed by atoms with E-state index in [2.05, 4.69) is 5.32 Å². The Morgan fingerprint density at radius 3 is 2.39 bits per heavy atom. The highest BCUT2D eigenvalue weighted by atomic mass is 19.1. The van der Waals surface area contributed by atoms with Crippen LogP contribution in [-0.2, 0) is 6.54 Å². The van der Waals surface area contributed by atoms with Crippen molar-refractivity contribution in [3.63, 3.8) is 0 Å². The summed E-state index contributed by atoms with van der Waals surface area (Å²) >= 11 is 0. The van der Waals surface area contributed by atoms with Gasteiger partial charge in [-0.15, -0.1) is 0 Å². The molecule has 0 aromatic heterocycles. The first-order valence-electron chi connectivity index (χ1n) is 10.8. The molecular weight excluding hydrogens is 395 g/mol. The van der Waals surface area contributed by atoms with Crippen LogP contribution in [0.25, 0.3) is 0 Å². The number of anilines is 1. The maximum atomic E-state index is 13.1. The lowest BCUT2D eigenvalue weighted by Crippen LogP contribution is -2.49. The molecule has 31 heavy (non-hydrogen) atoms. The molecular formula is C24H29FN4O2. The van der Waals surface area contributed by atoms with Crippen molar-refractivity contribution in [3.8, 4) is 0 Å². The SMILES string of the molecule is Cc1ccc(NC(=O)N2CCC(N3CCN(Cc4ccc(F)cc4)C3=O)CC2)cc1C. The summed E-state index contributed by atoms with van der Waals surface area (Å²) in [6.07, 6.45) is 1.55. The Balaban J connectivity index is 1.28. The topological polar surface area (TPSA) is 55.9 Å². The van der Waals surface area contributed by atoms with Gasteiger partial charge in [-0.2, -0.15) is 0 Å². The molecule has 4 rings (SSSR count). The summed E-state index contributed by atoms with van der Waals surface area (Å²) in [5.74, 6) is -0.272. The number of nitrogens with one attached hydrogen (secondary N) is 1. The van der Waals surface area contributed by atoms with Gasteiger partial charge in [0.15, 0.2) is 0 Å². The van der Waals surface area contributed by atoms with E-state index in [1.54, 1.807) is 12.1 Å². The van der Waals surface area contributed by atoms with Crippen molar-refractivity contribution in [3.05, 3.63) is 65.0 Å². The highest BCUT2D eigenvalue weighted by molar-refractivity contribution is 5.89. The van der Waals surface area contributed by atoms with Gasteiger partial charge >= 0.3 is 12.1 Å². The lowest BCUT2D eigenvalue weighted by atomic mass is 10.0. The zero-order valence-electron chi connectivity index (χ0n) is 18.1. The van der Waals surface area contributed by atoms with Crippen molar-refractivity contribution in [2.24, 2.45) is 0 Å². The molecule has 2 aliphatic rings. The zero-order valence-corrected chi connectivity index (χ0v) is 18.1. The van der Waals surface area contributed by atoms with Crippen molar-refractivity contribution in [1.29, 1.82) is 0 Å². The van der Waals surface area contributed by atoms with Crippen LogP contribution in [0.15, 0.2) is 42.5 Å². The van der Waals surface area contributed by atoms with E-state index in [9.17, 15) is 14.0 Å². The van der Waals surface area contributed by atoms with Crippen molar-refractivity contribution in [2.75, 3.05) is 31.5 Å². The van der Waals surface area contributed by atoms with Gasteiger partial charge in [0.25, 0.3) is 0 Å². The molecule has 164 valence electrons. The average molecular weight is 425 g/mol. The van der Waals surface area contributed by atoms with Gasteiger partial charge in [0.1, 0.15) is 5.82 Å². The van der Waals surface area contributed by atoms with E-state index in [1.165, 1.54) is 17.7 Å². The Hall–Kier alpha value is -3.09. The third-order valence-electron chi connectivity index (χ3n) is 6.36. The van der Waals surface area contributed by atoms with Crippen LogP contribution in [0.3, 0.4) is 0 Å². The fourth-order valence-electron chi connectivity index (χ4n) is 4.30. The smallest absolute Gasteiger partial charge is 0.321 e. The second kappa shape index (κ2) is 8.96. The zero-order chi connectivity index (χ0) is 22.0. The number of urea groups is 2. The van der Waals surface area contributed by atoms with Crippen LogP contribution in [0.2, 0.25) is 0 Å². The molecule has 2 fully saturated rings. The molecule has 7 heteroatoms. The maximum absolute atomic E-state index is 13.1. The number of likely N-dealkylation sites (tertiary alicyclic amines) is 1. The van der Waals surface area contributed by atoms with Gasteiger partial charge in [-0.3, -0.25) is 0 Å². The van der Waals surface area contributed by atoms with Crippen LogP contribution in [0.1, 0.15) is 29.5 Å². The predicted molar refractivity (Wildman–Crippen MR) is 118 cm³/mol. The molecule has 6 nitrogen and oxygen atoms in total. The summed E-state index contributed by atoms with van der Waals surface area (Å²) in [5.41, 5.74) is 4.08. The van der Waals surface area contributed by atoms with Crippen LogP contribution in [0, 0.1) is 19.7 Å². The number of nitrogens with zero attached hydrogens (tertiary/aromatic N) is 3. The fourth-order valence-corrected chi connectivity index (χ4v) is 4.30. The maximum Gasteiger partial charge on any atom is 0.321 e. The highest BCUT2D eigenvalue weighted by Crippen LogP contribution is 2.23. The molecule has 0 radical (unpaired) electrons. The fraction of sp³-hybridized carbons (Fsp3) is 0.417. The minimum absolute atomic E-state index is 0.0300. The Kier molecular flexibility index (Phi) is 6.11. The molecule has 0 aliphatic carbocycles. The third-order valence-corrected chi connectivity index (χ3v) is 6.36. The third kappa shape index (κ3) is 4.81.